The lowest BCUT2D eigenvalue weighted by molar-refractivity contribution is 0.298. The summed E-state index contributed by atoms with van der Waals surface area (Å²) in [5.74, 6) is 0.383. The van der Waals surface area contributed by atoms with Gasteiger partial charge >= 0.3 is 0 Å². The van der Waals surface area contributed by atoms with Crippen molar-refractivity contribution in [1.29, 1.82) is 0 Å². The number of pyridine rings is 1. The Balaban J connectivity index is 2.24. The van der Waals surface area contributed by atoms with Gasteiger partial charge in [0, 0.05) is 34.8 Å². The molecule has 0 aliphatic carbocycles. The quantitative estimate of drug-likeness (QED) is 0.395. The maximum absolute atomic E-state index is 12.1. The van der Waals surface area contributed by atoms with E-state index in [-0.39, 0.29) is 6.61 Å². The fourth-order valence-electron chi connectivity index (χ4n) is 1.81. The van der Waals surface area contributed by atoms with Gasteiger partial charge in [-0.15, -0.1) is 15.8 Å². The Bertz CT molecular complexity index is 712. The Morgan fingerprint density at radius 3 is 2.68 bits per heavy atom. The topological polar surface area (TPSA) is 57.0 Å². The number of nitrogens with zero attached hydrogens (tertiary/aromatic N) is 3. The van der Waals surface area contributed by atoms with Crippen molar-refractivity contribution in [2.24, 2.45) is 0 Å². The second-order valence-electron chi connectivity index (χ2n) is 5.33. The van der Waals surface area contributed by atoms with Crippen LogP contribution in [0.15, 0.2) is 29.3 Å². The fraction of sp³-hybridized carbons (Fsp3) is 0.357. The molecule has 2 aromatic heterocycles. The summed E-state index contributed by atoms with van der Waals surface area (Å²) < 4.78 is 7.37. The van der Waals surface area contributed by atoms with Crippen LogP contribution in [-0.2, 0) is 13.0 Å². The van der Waals surface area contributed by atoms with E-state index in [4.69, 9.17) is 28.1 Å². The van der Waals surface area contributed by atoms with Crippen molar-refractivity contribution in [3.05, 3.63) is 49.7 Å². The van der Waals surface area contributed by atoms with Gasteiger partial charge in [-0.05, 0) is 42.5 Å². The minimum atomic E-state index is -0.590. The van der Waals surface area contributed by atoms with Crippen molar-refractivity contribution < 1.29 is 4.74 Å². The molecule has 0 aromatic carbocycles. The molecule has 5 nitrogen and oxygen atoms in total. The molecule has 0 spiro atoms. The van der Waals surface area contributed by atoms with E-state index < -0.39 is 10.4 Å². The van der Waals surface area contributed by atoms with Crippen LogP contribution in [0.4, 0.5) is 0 Å². The normalized spacial score (nSPS) is 11.5. The summed E-state index contributed by atoms with van der Waals surface area (Å²) >= 11 is 14.1. The lowest BCUT2D eigenvalue weighted by atomic mass is 10.0. The molecule has 22 heavy (non-hydrogen) atoms. The summed E-state index contributed by atoms with van der Waals surface area (Å²) in [5.41, 5.74) is 0.878. The van der Waals surface area contributed by atoms with Crippen molar-refractivity contribution in [1.82, 2.24) is 14.3 Å². The summed E-state index contributed by atoms with van der Waals surface area (Å²) in [6.45, 7) is 3.92. The first-order valence-electron chi connectivity index (χ1n) is 6.46. The van der Waals surface area contributed by atoms with E-state index in [1.54, 1.807) is 6.20 Å². The molecule has 0 saturated carbocycles. The van der Waals surface area contributed by atoms with Gasteiger partial charge in [-0.2, -0.15) is 5.10 Å². The van der Waals surface area contributed by atoms with Crippen LogP contribution < -0.4 is 10.3 Å². The molecular formula is C14H14Cl2IN3O2. The van der Waals surface area contributed by atoms with E-state index in [1.807, 2.05) is 26.0 Å². The average Bonchev–Trinajstić information content (AvgIpc) is 2.44. The highest BCUT2D eigenvalue weighted by molar-refractivity contribution is 14.1. The minimum Gasteiger partial charge on any atom is -0.487 e. The third-order valence-electron chi connectivity index (χ3n) is 2.78. The Kier molecular flexibility index (Phi) is 5.68. The zero-order valence-electron chi connectivity index (χ0n) is 12.0. The van der Waals surface area contributed by atoms with Gasteiger partial charge in [-0.1, -0.05) is 6.07 Å². The van der Waals surface area contributed by atoms with Gasteiger partial charge < -0.3 is 4.74 Å². The molecule has 8 heteroatoms. The highest BCUT2D eigenvalue weighted by Gasteiger charge is 2.21. The van der Waals surface area contributed by atoms with E-state index in [2.05, 4.69) is 32.7 Å². The number of alkyl halides is 1. The molecule has 0 unspecified atom stereocenters. The molecule has 0 atom stereocenters. The summed E-state index contributed by atoms with van der Waals surface area (Å²) in [5, 5.41) is 3.78. The average molecular weight is 454 g/mol. The molecule has 2 heterocycles. The van der Waals surface area contributed by atoms with Gasteiger partial charge in [0.2, 0.25) is 0 Å². The fourth-order valence-corrected chi connectivity index (χ4v) is 2.41. The summed E-state index contributed by atoms with van der Waals surface area (Å²) in [6, 6.07) is 3.80. The van der Waals surface area contributed by atoms with E-state index >= 15 is 0 Å². The monoisotopic (exact) mass is 453 g/mol. The second-order valence-corrected chi connectivity index (χ2v) is 7.77. The molecule has 0 radical (unpaired) electrons. The van der Waals surface area contributed by atoms with Gasteiger partial charge in [0.15, 0.2) is 0 Å². The lowest BCUT2D eigenvalue weighted by Crippen LogP contribution is -2.26. The Morgan fingerprint density at radius 2 is 2.09 bits per heavy atom. The first kappa shape index (κ1) is 17.5. The molecular weight excluding hydrogens is 440 g/mol. The van der Waals surface area contributed by atoms with Crippen LogP contribution >= 0.6 is 46.0 Å². The van der Waals surface area contributed by atoms with Crippen LogP contribution in [0.3, 0.4) is 0 Å². The van der Waals surface area contributed by atoms with Crippen LogP contribution in [0.2, 0.25) is 0 Å². The zero-order valence-corrected chi connectivity index (χ0v) is 15.7. The molecule has 118 valence electrons. The predicted molar refractivity (Wildman–Crippen MR) is 94.7 cm³/mol. The number of halogens is 3. The van der Waals surface area contributed by atoms with E-state index in [9.17, 15) is 4.79 Å². The number of rotatable bonds is 5. The van der Waals surface area contributed by atoms with E-state index in [0.29, 0.717) is 17.7 Å². The van der Waals surface area contributed by atoms with Crippen molar-refractivity contribution in [3.63, 3.8) is 0 Å². The van der Waals surface area contributed by atoms with Crippen molar-refractivity contribution in [2.75, 3.05) is 0 Å². The van der Waals surface area contributed by atoms with Crippen LogP contribution in [0.1, 0.15) is 25.0 Å². The number of hydrogen-bond acceptors (Lipinski definition) is 4. The SMILES string of the molecule is CC(C)(Cl)Cc1c(OCc2ccc(I)nc2)cnn(Cl)c1=O. The molecule has 2 aromatic rings. The molecule has 0 N–H and O–H groups in total. The van der Waals surface area contributed by atoms with E-state index in [0.717, 1.165) is 13.5 Å². The van der Waals surface area contributed by atoms with Gasteiger partial charge in [0.25, 0.3) is 5.56 Å². The first-order valence-corrected chi connectivity index (χ1v) is 8.25. The largest absolute Gasteiger partial charge is 0.487 e. The second kappa shape index (κ2) is 7.14. The molecule has 0 bridgehead atoms. The highest BCUT2D eigenvalue weighted by Crippen LogP contribution is 2.24. The maximum atomic E-state index is 12.1. The maximum Gasteiger partial charge on any atom is 0.289 e. The van der Waals surface area contributed by atoms with Crippen molar-refractivity contribution in [3.8, 4) is 5.75 Å². The molecule has 2 rings (SSSR count). The molecule has 0 aliphatic heterocycles. The van der Waals surface area contributed by atoms with Gasteiger partial charge in [-0.3, -0.25) is 4.79 Å². The Labute approximate surface area is 151 Å². The summed E-state index contributed by atoms with van der Waals surface area (Å²) in [7, 11) is 0. The highest BCUT2D eigenvalue weighted by atomic mass is 127. The van der Waals surface area contributed by atoms with Gasteiger partial charge in [-0.25, -0.2) is 4.98 Å². The molecule has 0 aliphatic rings. The third-order valence-corrected chi connectivity index (χ3v) is 3.79. The molecule has 0 fully saturated rings. The van der Waals surface area contributed by atoms with Gasteiger partial charge in [0.05, 0.1) is 11.8 Å². The van der Waals surface area contributed by atoms with Crippen molar-refractivity contribution >= 4 is 46.0 Å². The lowest BCUT2D eigenvalue weighted by Gasteiger charge is -2.17. The first-order chi connectivity index (χ1) is 10.3. The predicted octanol–water partition coefficient (Wildman–Crippen LogP) is 3.38. The van der Waals surface area contributed by atoms with Crippen LogP contribution in [0, 0.1) is 3.70 Å². The number of ether oxygens (including phenoxy) is 1. The van der Waals surface area contributed by atoms with Crippen LogP contribution in [0.5, 0.6) is 5.75 Å². The van der Waals surface area contributed by atoms with Crippen LogP contribution in [0.25, 0.3) is 0 Å². The Morgan fingerprint density at radius 1 is 1.36 bits per heavy atom. The minimum absolute atomic E-state index is 0.285. The van der Waals surface area contributed by atoms with Crippen LogP contribution in [-0.4, -0.2) is 19.2 Å². The standard InChI is InChI=1S/C14H14Cl2IN3O2/c1-14(2,15)5-10-11(7-19-20(16)13(10)21)22-8-9-3-4-12(17)18-6-9/h3-4,6-7H,5,8H2,1-2H3. The number of aromatic nitrogens is 3. The number of hydrogen-bond donors (Lipinski definition) is 0. The third kappa shape index (κ3) is 4.82. The Hall–Kier alpha value is -0.860. The molecule has 0 amide bonds. The summed E-state index contributed by atoms with van der Waals surface area (Å²) in [6.07, 6.45) is 3.47. The molecule has 0 saturated heterocycles. The van der Waals surface area contributed by atoms with E-state index in [1.165, 1.54) is 6.20 Å². The van der Waals surface area contributed by atoms with Crippen molar-refractivity contribution in [2.45, 2.75) is 31.7 Å². The zero-order chi connectivity index (χ0) is 16.3. The summed E-state index contributed by atoms with van der Waals surface area (Å²) in [4.78, 5) is 15.7. The van der Waals surface area contributed by atoms with Gasteiger partial charge in [0.1, 0.15) is 16.1 Å². The smallest absolute Gasteiger partial charge is 0.289 e.